The van der Waals surface area contributed by atoms with Crippen molar-refractivity contribution in [1.29, 1.82) is 0 Å². The first kappa shape index (κ1) is 7.99. The molecule has 1 aromatic rings. The molecule has 2 atom stereocenters. The molecule has 0 aliphatic heterocycles. The summed E-state index contributed by atoms with van der Waals surface area (Å²) in [5.74, 6) is 1.32. The molecule has 1 heterocycles. The van der Waals surface area contributed by atoms with E-state index in [1.807, 2.05) is 6.20 Å². The number of nitrogens with zero attached hydrogens (tertiary/aromatic N) is 2. The second-order valence-corrected chi connectivity index (χ2v) is 3.87. The van der Waals surface area contributed by atoms with Crippen molar-refractivity contribution in [1.82, 2.24) is 9.97 Å². The summed E-state index contributed by atoms with van der Waals surface area (Å²) in [6.45, 7) is 2.20. The maximum Gasteiger partial charge on any atom is 0.0648 e. The zero-order chi connectivity index (χ0) is 8.60. The molecule has 2 nitrogen and oxygen atoms in total. The predicted molar refractivity (Wildman–Crippen MR) is 48.2 cm³/mol. The highest BCUT2D eigenvalue weighted by Gasteiger charge is 2.51. The Morgan fingerprint density at radius 1 is 1.67 bits per heavy atom. The van der Waals surface area contributed by atoms with Gasteiger partial charge in [0.1, 0.15) is 0 Å². The number of hydrogen-bond acceptors (Lipinski definition) is 2. The maximum absolute atomic E-state index is 5.79. The van der Waals surface area contributed by atoms with E-state index in [4.69, 9.17) is 11.6 Å². The molecule has 3 heteroatoms. The van der Waals surface area contributed by atoms with Crippen molar-refractivity contribution < 1.29 is 0 Å². The smallest absolute Gasteiger partial charge is 0.0648 e. The standard InChI is InChI=1S/C9H11ClN2/c1-9(4-7(9)5-10)8-6-11-2-3-12-8/h2-3,6-7H,4-5H2,1H3. The number of aromatic nitrogens is 2. The van der Waals surface area contributed by atoms with Crippen molar-refractivity contribution >= 4 is 11.6 Å². The van der Waals surface area contributed by atoms with Gasteiger partial charge in [-0.15, -0.1) is 11.6 Å². The van der Waals surface area contributed by atoms with Gasteiger partial charge in [-0.25, -0.2) is 0 Å². The minimum atomic E-state index is 0.204. The minimum absolute atomic E-state index is 0.204. The van der Waals surface area contributed by atoms with E-state index >= 15 is 0 Å². The summed E-state index contributed by atoms with van der Waals surface area (Å²) in [6.07, 6.45) is 6.43. The summed E-state index contributed by atoms with van der Waals surface area (Å²) in [5.41, 5.74) is 1.28. The molecule has 1 saturated carbocycles. The van der Waals surface area contributed by atoms with Gasteiger partial charge in [-0.2, -0.15) is 0 Å². The van der Waals surface area contributed by atoms with Crippen LogP contribution in [0.2, 0.25) is 0 Å². The molecule has 64 valence electrons. The number of hydrogen-bond donors (Lipinski definition) is 0. The maximum atomic E-state index is 5.79. The Morgan fingerprint density at radius 2 is 2.50 bits per heavy atom. The molecular weight excluding hydrogens is 172 g/mol. The molecule has 0 saturated heterocycles. The van der Waals surface area contributed by atoms with Crippen LogP contribution in [0.1, 0.15) is 19.0 Å². The van der Waals surface area contributed by atoms with Crippen molar-refractivity contribution in [3.63, 3.8) is 0 Å². The lowest BCUT2D eigenvalue weighted by Crippen LogP contribution is -2.07. The van der Waals surface area contributed by atoms with Gasteiger partial charge in [0.25, 0.3) is 0 Å². The molecule has 1 fully saturated rings. The monoisotopic (exact) mass is 182 g/mol. The Hall–Kier alpha value is -0.630. The molecule has 0 aromatic carbocycles. The van der Waals surface area contributed by atoms with Crippen molar-refractivity contribution in [3.05, 3.63) is 24.3 Å². The lowest BCUT2D eigenvalue weighted by molar-refractivity contribution is 0.674. The van der Waals surface area contributed by atoms with Gasteiger partial charge in [0, 0.05) is 29.9 Å². The van der Waals surface area contributed by atoms with Crippen LogP contribution >= 0.6 is 11.6 Å². The van der Waals surface area contributed by atoms with E-state index in [1.54, 1.807) is 12.4 Å². The highest BCUT2D eigenvalue weighted by molar-refractivity contribution is 6.18. The number of alkyl halides is 1. The first-order chi connectivity index (χ1) is 5.77. The average molecular weight is 183 g/mol. The highest BCUT2D eigenvalue weighted by atomic mass is 35.5. The zero-order valence-electron chi connectivity index (χ0n) is 7.00. The van der Waals surface area contributed by atoms with Gasteiger partial charge >= 0.3 is 0 Å². The third-order valence-electron chi connectivity index (χ3n) is 2.75. The Bertz CT molecular complexity index is 275. The third kappa shape index (κ3) is 1.11. The molecule has 0 N–H and O–H groups in total. The molecule has 0 spiro atoms. The minimum Gasteiger partial charge on any atom is -0.261 e. The van der Waals surface area contributed by atoms with Crippen molar-refractivity contribution in [2.45, 2.75) is 18.8 Å². The predicted octanol–water partition coefficient (Wildman–Crippen LogP) is 1.99. The van der Waals surface area contributed by atoms with Crippen molar-refractivity contribution in [2.75, 3.05) is 5.88 Å². The average Bonchev–Trinajstić information content (AvgIpc) is 2.81. The van der Waals surface area contributed by atoms with E-state index in [1.165, 1.54) is 0 Å². The molecule has 0 radical (unpaired) electrons. The van der Waals surface area contributed by atoms with Crippen molar-refractivity contribution in [3.8, 4) is 0 Å². The largest absolute Gasteiger partial charge is 0.261 e. The quantitative estimate of drug-likeness (QED) is 0.654. The lowest BCUT2D eigenvalue weighted by atomic mass is 10.0. The van der Waals surface area contributed by atoms with Crippen LogP contribution in [0.15, 0.2) is 18.6 Å². The fraction of sp³-hybridized carbons (Fsp3) is 0.556. The fourth-order valence-electron chi connectivity index (χ4n) is 1.59. The van der Waals surface area contributed by atoms with E-state index in [9.17, 15) is 0 Å². The first-order valence-electron chi connectivity index (χ1n) is 4.10. The molecule has 2 rings (SSSR count). The van der Waals surface area contributed by atoms with E-state index in [2.05, 4.69) is 16.9 Å². The molecule has 0 bridgehead atoms. The van der Waals surface area contributed by atoms with Crippen LogP contribution in [0.25, 0.3) is 0 Å². The van der Waals surface area contributed by atoms with E-state index in [-0.39, 0.29) is 5.41 Å². The summed E-state index contributed by atoms with van der Waals surface area (Å²) in [6, 6.07) is 0. The van der Waals surface area contributed by atoms with Gasteiger partial charge in [0.05, 0.1) is 5.69 Å². The zero-order valence-corrected chi connectivity index (χ0v) is 7.75. The normalized spacial score (nSPS) is 33.3. The van der Waals surface area contributed by atoms with Crippen LogP contribution in [-0.4, -0.2) is 15.8 Å². The van der Waals surface area contributed by atoms with E-state index in [0.29, 0.717) is 5.92 Å². The summed E-state index contributed by atoms with van der Waals surface area (Å²) in [5, 5.41) is 0. The number of halogens is 1. The second-order valence-electron chi connectivity index (χ2n) is 3.56. The Kier molecular flexibility index (Phi) is 1.80. The molecule has 0 amide bonds. The van der Waals surface area contributed by atoms with Gasteiger partial charge in [0.15, 0.2) is 0 Å². The molecule has 1 aromatic heterocycles. The second kappa shape index (κ2) is 2.70. The van der Waals surface area contributed by atoms with E-state index in [0.717, 1.165) is 18.0 Å². The first-order valence-corrected chi connectivity index (χ1v) is 4.63. The molecule has 1 aliphatic carbocycles. The van der Waals surface area contributed by atoms with Crippen LogP contribution in [0, 0.1) is 5.92 Å². The van der Waals surface area contributed by atoms with Crippen LogP contribution in [0.4, 0.5) is 0 Å². The van der Waals surface area contributed by atoms with Gasteiger partial charge in [0.2, 0.25) is 0 Å². The Balaban J connectivity index is 2.23. The summed E-state index contributed by atoms with van der Waals surface area (Å²) >= 11 is 5.79. The van der Waals surface area contributed by atoms with Crippen molar-refractivity contribution in [2.24, 2.45) is 5.92 Å². The molecule has 2 unspecified atom stereocenters. The lowest BCUT2D eigenvalue weighted by Gasteiger charge is -2.07. The topological polar surface area (TPSA) is 25.8 Å². The van der Waals surface area contributed by atoms with Crippen LogP contribution in [0.3, 0.4) is 0 Å². The van der Waals surface area contributed by atoms with Crippen LogP contribution in [0.5, 0.6) is 0 Å². The number of rotatable bonds is 2. The van der Waals surface area contributed by atoms with Gasteiger partial charge in [-0.1, -0.05) is 6.92 Å². The van der Waals surface area contributed by atoms with Gasteiger partial charge < -0.3 is 0 Å². The van der Waals surface area contributed by atoms with Gasteiger partial charge in [-0.3, -0.25) is 9.97 Å². The summed E-state index contributed by atoms with van der Waals surface area (Å²) < 4.78 is 0. The molecule has 1 aliphatic rings. The Labute approximate surface area is 77.0 Å². The summed E-state index contributed by atoms with van der Waals surface area (Å²) in [4.78, 5) is 8.34. The summed E-state index contributed by atoms with van der Waals surface area (Å²) in [7, 11) is 0. The van der Waals surface area contributed by atoms with Crippen LogP contribution in [-0.2, 0) is 5.41 Å². The highest BCUT2D eigenvalue weighted by Crippen LogP contribution is 2.53. The third-order valence-corrected chi connectivity index (χ3v) is 3.12. The fourth-order valence-corrected chi connectivity index (χ4v) is 2.04. The molecular formula is C9H11ClN2. The van der Waals surface area contributed by atoms with E-state index < -0.39 is 0 Å². The SMILES string of the molecule is CC1(c2cnccn2)CC1CCl. The molecule has 12 heavy (non-hydrogen) atoms. The van der Waals surface area contributed by atoms with Gasteiger partial charge in [-0.05, 0) is 12.3 Å². The Morgan fingerprint density at radius 3 is 3.00 bits per heavy atom. The van der Waals surface area contributed by atoms with Crippen LogP contribution < -0.4 is 0 Å².